The maximum Gasteiger partial charge on any atom is 0.134 e. The average molecular weight is 368 g/mol. The van der Waals surface area contributed by atoms with Crippen LogP contribution in [0.1, 0.15) is 57.6 Å². The lowest BCUT2D eigenvalue weighted by Gasteiger charge is -2.47. The van der Waals surface area contributed by atoms with E-state index < -0.39 is 0 Å². The van der Waals surface area contributed by atoms with Crippen molar-refractivity contribution in [2.45, 2.75) is 52.0 Å². The molecule has 0 saturated carbocycles. The number of methoxy groups -OCH3 is 1. The first-order valence-corrected chi connectivity index (χ1v) is 9.65. The molecule has 144 valence electrons. The molecule has 0 bridgehead atoms. The molecule has 1 unspecified atom stereocenters. The van der Waals surface area contributed by atoms with Crippen molar-refractivity contribution >= 4 is 17.6 Å². The van der Waals surface area contributed by atoms with Gasteiger partial charge in [0.15, 0.2) is 0 Å². The number of benzene rings is 2. The van der Waals surface area contributed by atoms with E-state index in [1.165, 1.54) is 5.56 Å². The van der Waals surface area contributed by atoms with Crippen LogP contribution in [-0.4, -0.2) is 25.4 Å². The SMILES string of the molecule is CCCN1c2cc(F)c(C=Nc3cccc(OC)c3)cc2C(C)CC1(C)C. The Morgan fingerprint density at radius 2 is 2.07 bits per heavy atom. The summed E-state index contributed by atoms with van der Waals surface area (Å²) >= 11 is 0. The van der Waals surface area contributed by atoms with Gasteiger partial charge in [-0.15, -0.1) is 0 Å². The van der Waals surface area contributed by atoms with Gasteiger partial charge in [0.1, 0.15) is 11.6 Å². The molecule has 3 rings (SSSR count). The van der Waals surface area contributed by atoms with Crippen molar-refractivity contribution in [1.82, 2.24) is 0 Å². The van der Waals surface area contributed by atoms with E-state index in [9.17, 15) is 4.39 Å². The van der Waals surface area contributed by atoms with Crippen molar-refractivity contribution in [2.75, 3.05) is 18.6 Å². The van der Waals surface area contributed by atoms with Crippen LogP contribution in [0.25, 0.3) is 0 Å². The lowest BCUT2D eigenvalue weighted by Crippen LogP contribution is -2.48. The van der Waals surface area contributed by atoms with Crippen LogP contribution >= 0.6 is 0 Å². The van der Waals surface area contributed by atoms with Gasteiger partial charge in [-0.1, -0.05) is 19.9 Å². The van der Waals surface area contributed by atoms with Crippen LogP contribution in [0.5, 0.6) is 5.75 Å². The van der Waals surface area contributed by atoms with E-state index in [0.717, 1.165) is 36.5 Å². The fraction of sp³-hybridized carbons (Fsp3) is 0.435. The second kappa shape index (κ2) is 7.71. The van der Waals surface area contributed by atoms with Gasteiger partial charge in [-0.25, -0.2) is 4.39 Å². The Labute approximate surface area is 161 Å². The first-order valence-electron chi connectivity index (χ1n) is 9.65. The van der Waals surface area contributed by atoms with Crippen LogP contribution < -0.4 is 9.64 Å². The van der Waals surface area contributed by atoms with Crippen molar-refractivity contribution < 1.29 is 9.13 Å². The number of anilines is 1. The normalized spacial score (nSPS) is 18.6. The Morgan fingerprint density at radius 3 is 2.78 bits per heavy atom. The third-order valence-corrected chi connectivity index (χ3v) is 5.36. The number of fused-ring (bicyclic) bond motifs is 1. The molecule has 0 N–H and O–H groups in total. The summed E-state index contributed by atoms with van der Waals surface area (Å²) in [4.78, 5) is 6.80. The molecule has 0 fully saturated rings. The molecule has 1 aliphatic rings. The maximum absolute atomic E-state index is 14.9. The second-order valence-electron chi connectivity index (χ2n) is 7.96. The molecule has 2 aromatic rings. The highest BCUT2D eigenvalue weighted by atomic mass is 19.1. The molecule has 0 radical (unpaired) electrons. The van der Waals surface area contributed by atoms with Gasteiger partial charge in [0.2, 0.25) is 0 Å². The van der Waals surface area contributed by atoms with Gasteiger partial charge in [0.25, 0.3) is 0 Å². The fourth-order valence-corrected chi connectivity index (χ4v) is 4.10. The van der Waals surface area contributed by atoms with E-state index in [-0.39, 0.29) is 11.4 Å². The zero-order chi connectivity index (χ0) is 19.6. The minimum Gasteiger partial charge on any atom is -0.497 e. The molecule has 0 aliphatic carbocycles. The van der Waals surface area contributed by atoms with E-state index in [1.807, 2.05) is 30.3 Å². The fourth-order valence-electron chi connectivity index (χ4n) is 4.10. The smallest absolute Gasteiger partial charge is 0.134 e. The molecule has 1 aliphatic heterocycles. The number of halogens is 1. The first kappa shape index (κ1) is 19.4. The number of nitrogens with zero attached hydrogens (tertiary/aromatic N) is 2. The third-order valence-electron chi connectivity index (χ3n) is 5.36. The maximum atomic E-state index is 14.9. The lowest BCUT2D eigenvalue weighted by atomic mass is 9.79. The summed E-state index contributed by atoms with van der Waals surface area (Å²) < 4.78 is 20.1. The van der Waals surface area contributed by atoms with Crippen LogP contribution in [0.3, 0.4) is 0 Å². The van der Waals surface area contributed by atoms with E-state index in [0.29, 0.717) is 11.5 Å². The number of hydrogen-bond donors (Lipinski definition) is 0. The van der Waals surface area contributed by atoms with Crippen molar-refractivity contribution in [3.8, 4) is 5.75 Å². The molecule has 4 heteroatoms. The van der Waals surface area contributed by atoms with Gasteiger partial charge >= 0.3 is 0 Å². The summed E-state index contributed by atoms with van der Waals surface area (Å²) in [7, 11) is 1.62. The molecule has 1 heterocycles. The topological polar surface area (TPSA) is 24.8 Å². The van der Waals surface area contributed by atoms with E-state index in [4.69, 9.17) is 4.74 Å². The van der Waals surface area contributed by atoms with Gasteiger partial charge in [-0.3, -0.25) is 4.99 Å². The van der Waals surface area contributed by atoms with E-state index >= 15 is 0 Å². The van der Waals surface area contributed by atoms with Crippen LogP contribution in [0.15, 0.2) is 41.4 Å². The summed E-state index contributed by atoms with van der Waals surface area (Å²) in [5.74, 6) is 0.890. The summed E-state index contributed by atoms with van der Waals surface area (Å²) in [5.41, 5.74) is 3.53. The predicted molar refractivity (Wildman–Crippen MR) is 111 cm³/mol. The Kier molecular flexibility index (Phi) is 5.54. The predicted octanol–water partition coefficient (Wildman–Crippen LogP) is 6.09. The zero-order valence-electron chi connectivity index (χ0n) is 16.9. The molecule has 27 heavy (non-hydrogen) atoms. The molecule has 3 nitrogen and oxygen atoms in total. The highest BCUT2D eigenvalue weighted by Crippen LogP contribution is 2.44. The number of rotatable bonds is 5. The molecule has 0 spiro atoms. The monoisotopic (exact) mass is 368 g/mol. The summed E-state index contributed by atoms with van der Waals surface area (Å²) in [6.45, 7) is 9.82. The standard InChI is InChI=1S/C23H29FN2O/c1-6-10-26-22-13-21(24)17(11-20(22)16(2)14-23(26,3)4)15-25-18-8-7-9-19(12-18)27-5/h7-9,11-13,15-16H,6,10,14H2,1-5H3. The van der Waals surface area contributed by atoms with Crippen molar-refractivity contribution in [3.63, 3.8) is 0 Å². The van der Waals surface area contributed by atoms with E-state index in [1.54, 1.807) is 19.4 Å². The molecule has 0 aromatic heterocycles. The van der Waals surface area contributed by atoms with Crippen LogP contribution in [0.2, 0.25) is 0 Å². The number of ether oxygens (including phenoxy) is 1. The summed E-state index contributed by atoms with van der Waals surface area (Å²) in [5, 5.41) is 0. The van der Waals surface area contributed by atoms with Gasteiger partial charge in [-0.2, -0.15) is 0 Å². The number of hydrogen-bond acceptors (Lipinski definition) is 3. The summed E-state index contributed by atoms with van der Waals surface area (Å²) in [6, 6.07) is 11.1. The minimum absolute atomic E-state index is 0.0328. The molecule has 1 atom stereocenters. The first-order chi connectivity index (χ1) is 12.9. The van der Waals surface area contributed by atoms with Crippen LogP contribution in [0.4, 0.5) is 15.8 Å². The van der Waals surface area contributed by atoms with E-state index in [2.05, 4.69) is 37.6 Å². The molecular formula is C23H29FN2O. The van der Waals surface area contributed by atoms with Crippen LogP contribution in [-0.2, 0) is 0 Å². The van der Waals surface area contributed by atoms with Crippen molar-refractivity contribution in [1.29, 1.82) is 0 Å². The minimum atomic E-state index is -0.230. The van der Waals surface area contributed by atoms with Gasteiger partial charge in [0.05, 0.1) is 12.8 Å². The highest BCUT2D eigenvalue weighted by Gasteiger charge is 2.36. The average Bonchev–Trinajstić information content (AvgIpc) is 2.63. The third kappa shape index (κ3) is 4.00. The Hall–Kier alpha value is -2.36. The second-order valence-corrected chi connectivity index (χ2v) is 7.96. The molecule has 0 saturated heterocycles. The van der Waals surface area contributed by atoms with Crippen LogP contribution in [0, 0.1) is 5.82 Å². The Bertz CT molecular complexity index is 844. The van der Waals surface area contributed by atoms with Gasteiger partial charge in [-0.05, 0) is 62.4 Å². The van der Waals surface area contributed by atoms with Gasteiger partial charge in [0, 0.05) is 35.6 Å². The largest absolute Gasteiger partial charge is 0.497 e. The summed E-state index contributed by atoms with van der Waals surface area (Å²) in [6.07, 6.45) is 3.71. The number of aliphatic imine (C=N–C) groups is 1. The Morgan fingerprint density at radius 1 is 1.30 bits per heavy atom. The lowest BCUT2D eigenvalue weighted by molar-refractivity contribution is 0.375. The quantitative estimate of drug-likeness (QED) is 0.597. The van der Waals surface area contributed by atoms with Gasteiger partial charge < -0.3 is 9.64 Å². The Balaban J connectivity index is 1.98. The van der Waals surface area contributed by atoms with Crippen molar-refractivity contribution in [3.05, 3.63) is 53.3 Å². The molecule has 2 aromatic carbocycles. The molecule has 0 amide bonds. The molecular weight excluding hydrogens is 339 g/mol. The highest BCUT2D eigenvalue weighted by molar-refractivity contribution is 5.84. The zero-order valence-corrected chi connectivity index (χ0v) is 16.9. The van der Waals surface area contributed by atoms with Crippen molar-refractivity contribution in [2.24, 2.45) is 4.99 Å².